The highest BCUT2D eigenvalue weighted by Gasteiger charge is 2.35. The molecular weight excluding hydrogens is 433 g/mol. The molecule has 0 saturated carbocycles. The first kappa shape index (κ1) is 21.6. The zero-order valence-electron chi connectivity index (χ0n) is 15.9. The van der Waals surface area contributed by atoms with E-state index < -0.39 is 0 Å². The summed E-state index contributed by atoms with van der Waals surface area (Å²) < 4.78 is 11.2. The van der Waals surface area contributed by atoms with E-state index in [9.17, 15) is 9.59 Å². The van der Waals surface area contributed by atoms with Crippen molar-refractivity contribution in [1.82, 2.24) is 4.90 Å². The van der Waals surface area contributed by atoms with Gasteiger partial charge in [-0.15, -0.1) is 0 Å². The standard InChI is InChI=1S/C21H19Cl2NO4S/c1-3-27-17-10-14(9-16(23)19(17)28-4-2)11-18-20(25)24(21(26)29-18)12-13-5-7-15(22)8-6-13/h5-11H,3-4,12H2,1-2H3/b18-11-. The number of hydrogen-bond acceptors (Lipinski definition) is 5. The van der Waals surface area contributed by atoms with E-state index in [1.54, 1.807) is 42.5 Å². The molecule has 0 N–H and O–H groups in total. The molecule has 2 aromatic rings. The molecular formula is C21H19Cl2NO4S. The number of amides is 2. The molecule has 1 heterocycles. The molecule has 0 radical (unpaired) electrons. The Hall–Kier alpha value is -2.15. The van der Waals surface area contributed by atoms with E-state index in [-0.39, 0.29) is 17.7 Å². The molecule has 0 atom stereocenters. The summed E-state index contributed by atoms with van der Waals surface area (Å²) in [7, 11) is 0. The molecule has 0 bridgehead atoms. The van der Waals surface area contributed by atoms with Gasteiger partial charge in [0.15, 0.2) is 11.5 Å². The van der Waals surface area contributed by atoms with Gasteiger partial charge in [-0.3, -0.25) is 14.5 Å². The lowest BCUT2D eigenvalue weighted by molar-refractivity contribution is -0.123. The predicted octanol–water partition coefficient (Wildman–Crippen LogP) is 6.03. The molecule has 152 valence electrons. The smallest absolute Gasteiger partial charge is 0.293 e. The summed E-state index contributed by atoms with van der Waals surface area (Å²) in [5.74, 6) is 0.607. The SMILES string of the molecule is CCOc1cc(/C=C2\SC(=O)N(Cc3ccc(Cl)cc3)C2=O)cc(Cl)c1OCC. The number of nitrogens with zero attached hydrogens (tertiary/aromatic N) is 1. The molecule has 2 aromatic carbocycles. The van der Waals surface area contributed by atoms with Gasteiger partial charge < -0.3 is 9.47 Å². The Bertz CT molecular complexity index is 960. The van der Waals surface area contributed by atoms with Gasteiger partial charge in [0, 0.05) is 5.02 Å². The van der Waals surface area contributed by atoms with Crippen LogP contribution in [-0.2, 0) is 11.3 Å². The van der Waals surface area contributed by atoms with Crippen LogP contribution in [0.3, 0.4) is 0 Å². The van der Waals surface area contributed by atoms with Crippen molar-refractivity contribution in [3.8, 4) is 11.5 Å². The van der Waals surface area contributed by atoms with Gasteiger partial charge in [0.1, 0.15) is 0 Å². The minimum atomic E-state index is -0.349. The second-order valence-electron chi connectivity index (χ2n) is 6.09. The van der Waals surface area contributed by atoms with Gasteiger partial charge >= 0.3 is 0 Å². The Balaban J connectivity index is 1.86. The van der Waals surface area contributed by atoms with Crippen molar-refractivity contribution in [3.05, 3.63) is 62.5 Å². The van der Waals surface area contributed by atoms with E-state index in [2.05, 4.69) is 0 Å². The Morgan fingerprint density at radius 1 is 1.03 bits per heavy atom. The quantitative estimate of drug-likeness (QED) is 0.481. The van der Waals surface area contributed by atoms with Gasteiger partial charge in [-0.25, -0.2) is 0 Å². The molecule has 0 aliphatic carbocycles. The second-order valence-corrected chi connectivity index (χ2v) is 7.93. The fraction of sp³-hybridized carbons (Fsp3) is 0.238. The summed E-state index contributed by atoms with van der Waals surface area (Å²) in [6.45, 7) is 4.79. The van der Waals surface area contributed by atoms with Crippen LogP contribution in [0.2, 0.25) is 10.0 Å². The molecule has 0 aromatic heterocycles. The minimum absolute atomic E-state index is 0.188. The van der Waals surface area contributed by atoms with Crippen LogP contribution >= 0.6 is 35.0 Å². The monoisotopic (exact) mass is 451 g/mol. The van der Waals surface area contributed by atoms with Gasteiger partial charge in [0.2, 0.25) is 0 Å². The maximum Gasteiger partial charge on any atom is 0.293 e. The van der Waals surface area contributed by atoms with Gasteiger partial charge in [-0.05, 0) is 67.1 Å². The van der Waals surface area contributed by atoms with Crippen molar-refractivity contribution < 1.29 is 19.1 Å². The highest BCUT2D eigenvalue weighted by Crippen LogP contribution is 2.39. The summed E-state index contributed by atoms with van der Waals surface area (Å²) >= 11 is 13.1. The summed E-state index contributed by atoms with van der Waals surface area (Å²) in [6, 6.07) is 10.5. The van der Waals surface area contributed by atoms with Crippen molar-refractivity contribution in [2.24, 2.45) is 0 Å². The highest BCUT2D eigenvalue weighted by molar-refractivity contribution is 8.18. The number of imide groups is 1. The fourth-order valence-corrected chi connectivity index (χ4v) is 4.02. The third-order valence-electron chi connectivity index (χ3n) is 4.05. The predicted molar refractivity (Wildman–Crippen MR) is 117 cm³/mol. The van der Waals surface area contributed by atoms with Gasteiger partial charge in [0.05, 0.1) is 29.7 Å². The lowest BCUT2D eigenvalue weighted by atomic mass is 10.1. The lowest BCUT2D eigenvalue weighted by Crippen LogP contribution is -2.27. The Labute approximate surface area is 183 Å². The van der Waals surface area contributed by atoms with Crippen molar-refractivity contribution in [2.75, 3.05) is 13.2 Å². The summed E-state index contributed by atoms with van der Waals surface area (Å²) in [4.78, 5) is 26.7. The van der Waals surface area contributed by atoms with E-state index in [1.165, 1.54) is 4.90 Å². The largest absolute Gasteiger partial charge is 0.490 e. The maximum absolute atomic E-state index is 12.8. The third kappa shape index (κ3) is 5.07. The number of halogens is 2. The van der Waals surface area contributed by atoms with Crippen LogP contribution in [0.1, 0.15) is 25.0 Å². The van der Waals surface area contributed by atoms with Crippen LogP contribution in [-0.4, -0.2) is 29.3 Å². The van der Waals surface area contributed by atoms with E-state index >= 15 is 0 Å². The molecule has 2 amide bonds. The molecule has 1 saturated heterocycles. The molecule has 0 spiro atoms. The fourth-order valence-electron chi connectivity index (χ4n) is 2.78. The lowest BCUT2D eigenvalue weighted by Gasteiger charge is -2.13. The summed E-state index contributed by atoms with van der Waals surface area (Å²) in [5.41, 5.74) is 1.47. The molecule has 0 unspecified atom stereocenters. The number of carbonyl (C=O) groups is 2. The molecule has 5 nitrogen and oxygen atoms in total. The van der Waals surface area contributed by atoms with Crippen LogP contribution in [0.5, 0.6) is 11.5 Å². The zero-order chi connectivity index (χ0) is 21.0. The van der Waals surface area contributed by atoms with Crippen LogP contribution < -0.4 is 9.47 Å². The molecule has 1 aliphatic rings. The van der Waals surface area contributed by atoms with Crippen LogP contribution in [0.15, 0.2) is 41.3 Å². The number of thioether (sulfide) groups is 1. The zero-order valence-corrected chi connectivity index (χ0v) is 18.2. The first-order valence-electron chi connectivity index (χ1n) is 9.01. The number of benzene rings is 2. The number of ether oxygens (including phenoxy) is 2. The van der Waals surface area contributed by atoms with Gasteiger partial charge in [0.25, 0.3) is 11.1 Å². The van der Waals surface area contributed by atoms with E-state index in [0.29, 0.717) is 45.2 Å². The third-order valence-corrected chi connectivity index (χ3v) is 5.49. The molecule has 29 heavy (non-hydrogen) atoms. The van der Waals surface area contributed by atoms with Crippen LogP contribution in [0, 0.1) is 0 Å². The number of carbonyl (C=O) groups excluding carboxylic acids is 2. The Kier molecular flexibility index (Phi) is 7.11. The molecule has 8 heteroatoms. The maximum atomic E-state index is 12.8. The average Bonchev–Trinajstić information content (AvgIpc) is 2.94. The molecule has 1 fully saturated rings. The van der Waals surface area contributed by atoms with Crippen LogP contribution in [0.4, 0.5) is 4.79 Å². The number of rotatable bonds is 7. The van der Waals surface area contributed by atoms with Crippen molar-refractivity contribution in [1.29, 1.82) is 0 Å². The second kappa shape index (κ2) is 9.57. The van der Waals surface area contributed by atoms with E-state index in [0.717, 1.165) is 17.3 Å². The first-order chi connectivity index (χ1) is 13.9. The van der Waals surface area contributed by atoms with Crippen molar-refractivity contribution in [3.63, 3.8) is 0 Å². The van der Waals surface area contributed by atoms with Gasteiger partial charge in [-0.1, -0.05) is 35.3 Å². The van der Waals surface area contributed by atoms with Crippen LogP contribution in [0.25, 0.3) is 6.08 Å². The normalized spacial score (nSPS) is 15.3. The molecule has 3 rings (SSSR count). The minimum Gasteiger partial charge on any atom is -0.490 e. The van der Waals surface area contributed by atoms with Crippen molar-refractivity contribution >= 4 is 52.2 Å². The highest BCUT2D eigenvalue weighted by atomic mass is 35.5. The Morgan fingerprint density at radius 3 is 2.38 bits per heavy atom. The topological polar surface area (TPSA) is 55.8 Å². The molecule has 1 aliphatic heterocycles. The van der Waals surface area contributed by atoms with E-state index in [4.69, 9.17) is 32.7 Å². The van der Waals surface area contributed by atoms with Gasteiger partial charge in [-0.2, -0.15) is 0 Å². The van der Waals surface area contributed by atoms with E-state index in [1.807, 2.05) is 13.8 Å². The Morgan fingerprint density at radius 2 is 1.72 bits per heavy atom. The number of hydrogen-bond donors (Lipinski definition) is 0. The van der Waals surface area contributed by atoms with Crippen molar-refractivity contribution in [2.45, 2.75) is 20.4 Å². The first-order valence-corrected chi connectivity index (χ1v) is 10.6. The summed E-state index contributed by atoms with van der Waals surface area (Å²) in [6.07, 6.45) is 1.64. The average molecular weight is 452 g/mol. The summed E-state index contributed by atoms with van der Waals surface area (Å²) in [5, 5.41) is 0.656.